The summed E-state index contributed by atoms with van der Waals surface area (Å²) < 4.78 is 0. The minimum atomic E-state index is 0.542. The second-order valence-corrected chi connectivity index (χ2v) is 4.14. The molecule has 1 atom stereocenters. The van der Waals surface area contributed by atoms with Gasteiger partial charge < -0.3 is 4.90 Å². The SMILES string of the molecule is CCCN(C)c1cccnc1C(C)CC. The minimum absolute atomic E-state index is 0.542. The fraction of sp³-hybridized carbons (Fsp3) is 0.615. The number of rotatable bonds is 5. The molecule has 0 saturated heterocycles. The van der Waals surface area contributed by atoms with E-state index in [1.807, 2.05) is 12.3 Å². The Hall–Kier alpha value is -1.05. The Balaban J connectivity index is 2.95. The van der Waals surface area contributed by atoms with Gasteiger partial charge in [0.05, 0.1) is 11.4 Å². The number of pyridine rings is 1. The Morgan fingerprint density at radius 3 is 2.73 bits per heavy atom. The molecule has 0 saturated carbocycles. The molecule has 0 aromatic carbocycles. The second kappa shape index (κ2) is 5.74. The van der Waals surface area contributed by atoms with Crippen molar-refractivity contribution >= 4 is 5.69 Å². The summed E-state index contributed by atoms with van der Waals surface area (Å²) in [6.07, 6.45) is 4.21. The molecule has 0 aliphatic heterocycles. The monoisotopic (exact) mass is 206 g/mol. The van der Waals surface area contributed by atoms with E-state index in [0.29, 0.717) is 5.92 Å². The maximum Gasteiger partial charge on any atom is 0.0664 e. The van der Waals surface area contributed by atoms with Gasteiger partial charge >= 0.3 is 0 Å². The first-order valence-electron chi connectivity index (χ1n) is 5.86. The molecule has 15 heavy (non-hydrogen) atoms. The highest BCUT2D eigenvalue weighted by Gasteiger charge is 2.12. The molecule has 0 amide bonds. The van der Waals surface area contributed by atoms with E-state index in [2.05, 4.69) is 43.8 Å². The first-order valence-corrected chi connectivity index (χ1v) is 5.86. The van der Waals surface area contributed by atoms with Gasteiger partial charge in [-0.25, -0.2) is 0 Å². The maximum atomic E-state index is 4.51. The minimum Gasteiger partial charge on any atom is -0.373 e. The molecule has 0 fully saturated rings. The molecular formula is C13H22N2. The highest BCUT2D eigenvalue weighted by molar-refractivity contribution is 5.51. The number of hydrogen-bond donors (Lipinski definition) is 0. The molecule has 84 valence electrons. The Kier molecular flexibility index (Phi) is 4.60. The van der Waals surface area contributed by atoms with E-state index in [0.717, 1.165) is 13.0 Å². The van der Waals surface area contributed by atoms with E-state index >= 15 is 0 Å². The zero-order chi connectivity index (χ0) is 11.3. The van der Waals surface area contributed by atoms with Crippen molar-refractivity contribution in [1.29, 1.82) is 0 Å². The lowest BCUT2D eigenvalue weighted by Gasteiger charge is -2.23. The van der Waals surface area contributed by atoms with Crippen LogP contribution in [0.3, 0.4) is 0 Å². The maximum absolute atomic E-state index is 4.51. The predicted octanol–water partition coefficient (Wildman–Crippen LogP) is 3.44. The quantitative estimate of drug-likeness (QED) is 0.733. The van der Waals surface area contributed by atoms with Gasteiger partial charge in [-0.05, 0) is 25.0 Å². The molecule has 0 aliphatic rings. The van der Waals surface area contributed by atoms with E-state index < -0.39 is 0 Å². The highest BCUT2D eigenvalue weighted by atomic mass is 15.1. The van der Waals surface area contributed by atoms with Crippen LogP contribution in [0.15, 0.2) is 18.3 Å². The summed E-state index contributed by atoms with van der Waals surface area (Å²) in [6, 6.07) is 4.19. The van der Waals surface area contributed by atoms with Crippen molar-refractivity contribution in [2.75, 3.05) is 18.5 Å². The lowest BCUT2D eigenvalue weighted by Crippen LogP contribution is -2.20. The van der Waals surface area contributed by atoms with Gasteiger partial charge in [0, 0.05) is 25.7 Å². The Labute approximate surface area is 93.3 Å². The van der Waals surface area contributed by atoms with Crippen molar-refractivity contribution in [3.63, 3.8) is 0 Å². The number of hydrogen-bond acceptors (Lipinski definition) is 2. The van der Waals surface area contributed by atoms with Gasteiger partial charge in [-0.15, -0.1) is 0 Å². The van der Waals surface area contributed by atoms with Crippen LogP contribution in [0.1, 0.15) is 45.2 Å². The van der Waals surface area contributed by atoms with Crippen molar-refractivity contribution in [1.82, 2.24) is 4.98 Å². The molecule has 1 unspecified atom stereocenters. The second-order valence-electron chi connectivity index (χ2n) is 4.14. The molecule has 0 spiro atoms. The summed E-state index contributed by atoms with van der Waals surface area (Å²) >= 11 is 0. The van der Waals surface area contributed by atoms with E-state index in [-0.39, 0.29) is 0 Å². The van der Waals surface area contributed by atoms with Gasteiger partial charge in [0.1, 0.15) is 0 Å². The summed E-state index contributed by atoms with van der Waals surface area (Å²) in [4.78, 5) is 6.81. The van der Waals surface area contributed by atoms with Crippen molar-refractivity contribution in [2.45, 2.75) is 39.5 Å². The first-order chi connectivity index (χ1) is 7.20. The van der Waals surface area contributed by atoms with Crippen LogP contribution in [0, 0.1) is 0 Å². The summed E-state index contributed by atoms with van der Waals surface area (Å²) in [7, 11) is 2.15. The third kappa shape index (κ3) is 2.95. The zero-order valence-corrected chi connectivity index (χ0v) is 10.3. The lowest BCUT2D eigenvalue weighted by molar-refractivity contribution is 0.700. The average Bonchev–Trinajstić information content (AvgIpc) is 2.28. The Morgan fingerprint density at radius 1 is 1.40 bits per heavy atom. The predicted molar refractivity (Wildman–Crippen MR) is 66.5 cm³/mol. The topological polar surface area (TPSA) is 16.1 Å². The molecule has 0 N–H and O–H groups in total. The van der Waals surface area contributed by atoms with Crippen molar-refractivity contribution in [2.24, 2.45) is 0 Å². The Bertz CT molecular complexity index is 296. The molecular weight excluding hydrogens is 184 g/mol. The fourth-order valence-corrected chi connectivity index (χ4v) is 1.76. The van der Waals surface area contributed by atoms with Crippen molar-refractivity contribution in [3.8, 4) is 0 Å². The van der Waals surface area contributed by atoms with Crippen molar-refractivity contribution < 1.29 is 0 Å². The summed E-state index contributed by atoms with van der Waals surface area (Å²) in [5.41, 5.74) is 2.52. The molecule has 1 aromatic rings. The van der Waals surface area contributed by atoms with Crippen LogP contribution in [0.5, 0.6) is 0 Å². The van der Waals surface area contributed by atoms with Crippen LogP contribution in [-0.2, 0) is 0 Å². The van der Waals surface area contributed by atoms with E-state index in [1.54, 1.807) is 0 Å². The van der Waals surface area contributed by atoms with Crippen LogP contribution in [0.25, 0.3) is 0 Å². The van der Waals surface area contributed by atoms with Gasteiger partial charge in [0.2, 0.25) is 0 Å². The van der Waals surface area contributed by atoms with Gasteiger partial charge in [-0.1, -0.05) is 20.8 Å². The van der Waals surface area contributed by atoms with Crippen LogP contribution in [-0.4, -0.2) is 18.6 Å². The molecule has 0 radical (unpaired) electrons. The van der Waals surface area contributed by atoms with Crippen LogP contribution in [0.2, 0.25) is 0 Å². The summed E-state index contributed by atoms with van der Waals surface area (Å²) in [5, 5.41) is 0. The van der Waals surface area contributed by atoms with Crippen molar-refractivity contribution in [3.05, 3.63) is 24.0 Å². The van der Waals surface area contributed by atoms with Gasteiger partial charge in [-0.3, -0.25) is 4.98 Å². The fourth-order valence-electron chi connectivity index (χ4n) is 1.76. The number of anilines is 1. The average molecular weight is 206 g/mol. The summed E-state index contributed by atoms with van der Waals surface area (Å²) in [5.74, 6) is 0.542. The molecule has 0 aliphatic carbocycles. The van der Waals surface area contributed by atoms with Gasteiger partial charge in [-0.2, -0.15) is 0 Å². The molecule has 2 heteroatoms. The Morgan fingerprint density at radius 2 is 2.13 bits per heavy atom. The largest absolute Gasteiger partial charge is 0.373 e. The van der Waals surface area contributed by atoms with Crippen LogP contribution < -0.4 is 4.90 Å². The lowest BCUT2D eigenvalue weighted by atomic mass is 10.0. The molecule has 1 rings (SSSR count). The molecule has 2 nitrogen and oxygen atoms in total. The van der Waals surface area contributed by atoms with Crippen LogP contribution >= 0.6 is 0 Å². The summed E-state index contributed by atoms with van der Waals surface area (Å²) in [6.45, 7) is 7.75. The normalized spacial score (nSPS) is 12.5. The zero-order valence-electron chi connectivity index (χ0n) is 10.3. The van der Waals surface area contributed by atoms with Gasteiger partial charge in [0.25, 0.3) is 0 Å². The number of aromatic nitrogens is 1. The smallest absolute Gasteiger partial charge is 0.0664 e. The standard InChI is InChI=1S/C13H22N2/c1-5-10-15(4)12-8-7-9-14-13(12)11(3)6-2/h7-9,11H,5-6,10H2,1-4H3. The van der Waals surface area contributed by atoms with Crippen LogP contribution in [0.4, 0.5) is 5.69 Å². The van der Waals surface area contributed by atoms with Gasteiger partial charge in [0.15, 0.2) is 0 Å². The molecule has 0 bridgehead atoms. The van der Waals surface area contributed by atoms with E-state index in [1.165, 1.54) is 17.8 Å². The first kappa shape index (κ1) is 12.0. The molecule has 1 aromatic heterocycles. The molecule has 1 heterocycles. The third-order valence-electron chi connectivity index (χ3n) is 2.87. The van der Waals surface area contributed by atoms with E-state index in [9.17, 15) is 0 Å². The van der Waals surface area contributed by atoms with E-state index in [4.69, 9.17) is 0 Å². The highest BCUT2D eigenvalue weighted by Crippen LogP contribution is 2.26. The third-order valence-corrected chi connectivity index (χ3v) is 2.87. The number of nitrogens with zero attached hydrogens (tertiary/aromatic N) is 2.